The van der Waals surface area contributed by atoms with Crippen LogP contribution in [0.4, 0.5) is 0 Å². The zero-order valence-corrected chi connectivity index (χ0v) is 24.0. The van der Waals surface area contributed by atoms with E-state index in [-0.39, 0.29) is 46.8 Å². The highest BCUT2D eigenvalue weighted by atomic mass is 16.2. The average molecular weight is 532 g/mol. The summed E-state index contributed by atoms with van der Waals surface area (Å²) in [6.45, 7) is 7.61. The molecular weight excluding hydrogens is 486 g/mol. The van der Waals surface area contributed by atoms with Crippen molar-refractivity contribution >= 4 is 23.3 Å². The fraction of sp³-hybridized carbons (Fsp3) is 0.706. The van der Waals surface area contributed by atoms with Crippen molar-refractivity contribution in [3.05, 3.63) is 35.9 Å². The first kappa shape index (κ1) is 26.9. The van der Waals surface area contributed by atoms with E-state index in [0.29, 0.717) is 49.1 Å². The van der Waals surface area contributed by atoms with E-state index in [2.05, 4.69) is 25.7 Å². The van der Waals surface area contributed by atoms with E-state index >= 15 is 0 Å². The molecule has 5 fully saturated rings. The summed E-state index contributed by atoms with van der Waals surface area (Å²) in [6, 6.07) is 9.87. The maximum absolute atomic E-state index is 14.1. The average Bonchev–Trinajstić information content (AvgIpc) is 3.54. The lowest BCUT2D eigenvalue weighted by Gasteiger charge is -2.58. The largest absolute Gasteiger partial charge is 0.336 e. The van der Waals surface area contributed by atoms with E-state index in [1.807, 2.05) is 30.3 Å². The fourth-order valence-corrected chi connectivity index (χ4v) is 10.2. The van der Waals surface area contributed by atoms with Crippen molar-refractivity contribution in [2.24, 2.45) is 46.3 Å². The van der Waals surface area contributed by atoms with Crippen molar-refractivity contribution in [2.45, 2.75) is 97.4 Å². The van der Waals surface area contributed by atoms with Gasteiger partial charge in [0.25, 0.3) is 5.91 Å². The minimum atomic E-state index is -0.431. The number of benzene rings is 1. The smallest absolute Gasteiger partial charge is 0.254 e. The van der Waals surface area contributed by atoms with Crippen LogP contribution in [-0.2, 0) is 14.4 Å². The maximum atomic E-state index is 14.1. The Morgan fingerprint density at radius 2 is 1.77 bits per heavy atom. The maximum Gasteiger partial charge on any atom is 0.254 e. The summed E-state index contributed by atoms with van der Waals surface area (Å²) in [4.78, 5) is 55.2. The van der Waals surface area contributed by atoms with Gasteiger partial charge in [-0.2, -0.15) is 0 Å². The standard InChI is InChI=1S/C34H45NO4/c1-21(11-12-24-10-7-17-35(24)32(39)22-8-5-4-6-9-22)26-13-14-27-31-28(20-30(38)34(26,27)3)33(2)16-15-25(36)18-23(33)19-29(31)37/h4-6,8-9,21,23-24,26-28,31H,7,10-20H2,1-3H3/t21-,23+,24+,26-,27+,28+,31+,33+,34-/m1/s1. The Hall–Kier alpha value is -2.30. The second-order valence-corrected chi connectivity index (χ2v) is 14.2. The number of carbonyl (C=O) groups excluding carboxylic acids is 4. The van der Waals surface area contributed by atoms with Crippen molar-refractivity contribution in [1.82, 2.24) is 4.90 Å². The Labute approximate surface area is 233 Å². The molecular formula is C34H45NO4. The number of hydrogen-bond donors (Lipinski definition) is 0. The van der Waals surface area contributed by atoms with Gasteiger partial charge >= 0.3 is 0 Å². The molecule has 0 N–H and O–H groups in total. The normalized spacial score (nSPS) is 40.7. The SMILES string of the molecule is C[C@H](CC[C@@H]1CCCN1C(=O)c1ccccc1)[C@H]1CC[C@H]2[C@@H]3C(=O)C[C@@H]4CC(=O)CC[C@]4(C)[C@H]3CC(=O)[C@]12C. The van der Waals surface area contributed by atoms with Crippen LogP contribution in [0.5, 0.6) is 0 Å². The molecule has 0 aromatic heterocycles. The Balaban J connectivity index is 1.16. The van der Waals surface area contributed by atoms with Gasteiger partial charge in [0.2, 0.25) is 0 Å². The third-order valence-corrected chi connectivity index (χ3v) is 12.5. The minimum absolute atomic E-state index is 0.0202. The van der Waals surface area contributed by atoms with E-state index in [9.17, 15) is 19.2 Å². The monoisotopic (exact) mass is 531 g/mol. The van der Waals surface area contributed by atoms with E-state index in [1.54, 1.807) is 0 Å². The fourth-order valence-electron chi connectivity index (χ4n) is 10.2. The molecule has 210 valence electrons. The quantitative estimate of drug-likeness (QED) is 0.447. The predicted molar refractivity (Wildman–Crippen MR) is 150 cm³/mol. The van der Waals surface area contributed by atoms with Gasteiger partial charge in [-0.1, -0.05) is 39.0 Å². The van der Waals surface area contributed by atoms with Crippen molar-refractivity contribution in [1.29, 1.82) is 0 Å². The number of amides is 1. The highest BCUT2D eigenvalue weighted by molar-refractivity contribution is 5.94. The second kappa shape index (κ2) is 9.96. The molecule has 39 heavy (non-hydrogen) atoms. The van der Waals surface area contributed by atoms with Crippen LogP contribution < -0.4 is 0 Å². The first-order valence-corrected chi connectivity index (χ1v) is 15.6. The molecule has 6 rings (SSSR count). The topological polar surface area (TPSA) is 71.5 Å². The van der Waals surface area contributed by atoms with Crippen LogP contribution >= 0.6 is 0 Å². The van der Waals surface area contributed by atoms with Gasteiger partial charge in [-0.15, -0.1) is 0 Å². The second-order valence-electron chi connectivity index (χ2n) is 14.2. The number of fused-ring (bicyclic) bond motifs is 5. The van der Waals surface area contributed by atoms with Gasteiger partial charge in [0.05, 0.1) is 0 Å². The highest BCUT2D eigenvalue weighted by Gasteiger charge is 2.66. The number of hydrogen-bond acceptors (Lipinski definition) is 4. The van der Waals surface area contributed by atoms with Gasteiger partial charge in [-0.25, -0.2) is 0 Å². The highest BCUT2D eigenvalue weighted by Crippen LogP contribution is 2.66. The van der Waals surface area contributed by atoms with Crippen molar-refractivity contribution in [3.8, 4) is 0 Å². The molecule has 5 heteroatoms. The number of Topliss-reactive ketones (excluding diaryl/α,β-unsaturated/α-hetero) is 3. The van der Waals surface area contributed by atoms with Gasteiger partial charge in [0, 0.05) is 55.2 Å². The summed E-state index contributed by atoms with van der Waals surface area (Å²) in [6.07, 6.45) is 9.06. The summed E-state index contributed by atoms with van der Waals surface area (Å²) >= 11 is 0. The van der Waals surface area contributed by atoms with Gasteiger partial charge in [0.15, 0.2) is 0 Å². The molecule has 4 aliphatic carbocycles. The molecule has 5 nitrogen and oxygen atoms in total. The van der Waals surface area contributed by atoms with Crippen LogP contribution in [-0.4, -0.2) is 40.7 Å². The molecule has 0 radical (unpaired) electrons. The molecule has 1 aliphatic heterocycles. The Morgan fingerprint density at radius 1 is 1.00 bits per heavy atom. The summed E-state index contributed by atoms with van der Waals surface area (Å²) in [5, 5.41) is 0. The molecule has 1 aromatic rings. The van der Waals surface area contributed by atoms with Crippen LogP contribution in [0.15, 0.2) is 30.3 Å². The van der Waals surface area contributed by atoms with Crippen LogP contribution in [0.2, 0.25) is 0 Å². The van der Waals surface area contributed by atoms with Crippen molar-refractivity contribution in [2.75, 3.05) is 6.54 Å². The minimum Gasteiger partial charge on any atom is -0.336 e. The lowest BCUT2D eigenvalue weighted by Crippen LogP contribution is -2.60. The summed E-state index contributed by atoms with van der Waals surface area (Å²) < 4.78 is 0. The van der Waals surface area contributed by atoms with Gasteiger partial charge in [-0.3, -0.25) is 19.2 Å². The molecule has 0 spiro atoms. The van der Waals surface area contributed by atoms with Crippen molar-refractivity contribution in [3.63, 3.8) is 0 Å². The van der Waals surface area contributed by atoms with Crippen LogP contribution in [0.3, 0.4) is 0 Å². The third kappa shape index (κ3) is 4.25. The Kier molecular flexibility index (Phi) is 6.87. The molecule has 1 aromatic carbocycles. The molecule has 0 unspecified atom stereocenters. The lowest BCUT2D eigenvalue weighted by atomic mass is 9.44. The summed E-state index contributed by atoms with van der Waals surface area (Å²) in [7, 11) is 0. The summed E-state index contributed by atoms with van der Waals surface area (Å²) in [5.74, 6) is 2.14. The van der Waals surface area contributed by atoms with Crippen LogP contribution in [0.25, 0.3) is 0 Å². The summed E-state index contributed by atoms with van der Waals surface area (Å²) in [5.41, 5.74) is 0.269. The van der Waals surface area contributed by atoms with Crippen LogP contribution in [0, 0.1) is 46.3 Å². The first-order valence-electron chi connectivity index (χ1n) is 15.6. The molecule has 4 saturated carbocycles. The van der Waals surface area contributed by atoms with Gasteiger partial charge < -0.3 is 4.90 Å². The molecule has 1 amide bonds. The van der Waals surface area contributed by atoms with Crippen molar-refractivity contribution < 1.29 is 19.2 Å². The molecule has 9 atom stereocenters. The Morgan fingerprint density at radius 3 is 2.54 bits per heavy atom. The van der Waals surface area contributed by atoms with E-state index in [4.69, 9.17) is 0 Å². The van der Waals surface area contributed by atoms with E-state index in [0.717, 1.165) is 57.1 Å². The van der Waals surface area contributed by atoms with E-state index < -0.39 is 5.41 Å². The lowest BCUT2D eigenvalue weighted by molar-refractivity contribution is -0.166. The van der Waals surface area contributed by atoms with E-state index in [1.165, 1.54) is 0 Å². The molecule has 0 bridgehead atoms. The third-order valence-electron chi connectivity index (χ3n) is 12.5. The molecule has 1 heterocycles. The number of likely N-dealkylation sites (tertiary alicyclic amines) is 1. The number of nitrogens with zero attached hydrogens (tertiary/aromatic N) is 1. The van der Waals surface area contributed by atoms with Crippen LogP contribution in [0.1, 0.15) is 102 Å². The van der Waals surface area contributed by atoms with Gasteiger partial charge in [-0.05, 0) is 92.1 Å². The molecule has 5 aliphatic rings. The predicted octanol–water partition coefficient (Wildman–Crippen LogP) is 6.29. The first-order chi connectivity index (χ1) is 18.6. The number of rotatable bonds is 5. The van der Waals surface area contributed by atoms with Gasteiger partial charge in [0.1, 0.15) is 17.3 Å². The molecule has 1 saturated heterocycles. The zero-order chi connectivity index (χ0) is 27.5. The number of carbonyl (C=O) groups is 4. The number of ketones is 3. The zero-order valence-electron chi connectivity index (χ0n) is 24.0. The Bertz CT molecular complexity index is 1160.